The molecule has 1 N–H and O–H groups in total. The maximum Gasteiger partial charge on any atom is 0.354 e. The fourth-order valence-electron chi connectivity index (χ4n) is 2.41. The first-order chi connectivity index (χ1) is 13.5. The number of aromatic amines is 1. The maximum atomic E-state index is 13.0. The fraction of sp³-hybridized carbons (Fsp3) is 0.158. The Morgan fingerprint density at radius 1 is 1.11 bits per heavy atom. The molecule has 9 heteroatoms. The minimum atomic E-state index is -0.684. The molecule has 3 aromatic rings. The molecule has 0 spiro atoms. The van der Waals surface area contributed by atoms with Crippen molar-refractivity contribution in [2.45, 2.75) is 17.5 Å². The predicted octanol–water partition coefficient (Wildman–Crippen LogP) is 2.20. The van der Waals surface area contributed by atoms with Gasteiger partial charge in [0.1, 0.15) is 5.82 Å². The zero-order valence-electron chi connectivity index (χ0n) is 14.8. The molecular weight excluding hydrogens is 385 g/mol. The molecule has 2 aromatic carbocycles. The molecule has 1 aromatic heterocycles. The molecule has 0 bridgehead atoms. The van der Waals surface area contributed by atoms with E-state index in [-0.39, 0.29) is 11.7 Å². The summed E-state index contributed by atoms with van der Waals surface area (Å²) in [4.78, 5) is 42.3. The van der Waals surface area contributed by atoms with Crippen LogP contribution in [0.2, 0.25) is 0 Å². The van der Waals surface area contributed by atoms with Gasteiger partial charge in [0.25, 0.3) is 0 Å². The van der Waals surface area contributed by atoms with Crippen molar-refractivity contribution in [1.82, 2.24) is 14.5 Å². The summed E-state index contributed by atoms with van der Waals surface area (Å²) >= 11 is 1.19. The second kappa shape index (κ2) is 8.66. The van der Waals surface area contributed by atoms with Gasteiger partial charge in [0.2, 0.25) is 0 Å². The minimum absolute atomic E-state index is 0.00137. The number of carbonyl (C=O) groups is 1. The van der Waals surface area contributed by atoms with Crippen molar-refractivity contribution in [1.29, 1.82) is 0 Å². The van der Waals surface area contributed by atoms with Crippen molar-refractivity contribution < 1.29 is 13.9 Å². The van der Waals surface area contributed by atoms with Crippen molar-refractivity contribution in [3.05, 3.63) is 92.0 Å². The molecular formula is C19H16FN3O4S. The highest BCUT2D eigenvalue weighted by molar-refractivity contribution is 7.98. The molecule has 7 nitrogen and oxygen atoms in total. The van der Waals surface area contributed by atoms with E-state index in [1.54, 1.807) is 24.3 Å². The second-order valence-electron chi connectivity index (χ2n) is 5.82. The van der Waals surface area contributed by atoms with E-state index in [9.17, 15) is 18.8 Å². The predicted molar refractivity (Wildman–Crippen MR) is 102 cm³/mol. The molecule has 0 saturated carbocycles. The van der Waals surface area contributed by atoms with Gasteiger partial charge in [0, 0.05) is 5.75 Å². The summed E-state index contributed by atoms with van der Waals surface area (Å²) in [5.41, 5.74) is 0.661. The van der Waals surface area contributed by atoms with Crippen LogP contribution in [-0.2, 0) is 17.0 Å². The van der Waals surface area contributed by atoms with E-state index < -0.39 is 23.2 Å². The lowest BCUT2D eigenvalue weighted by atomic mass is 10.1. The van der Waals surface area contributed by atoms with Gasteiger partial charge in [0.05, 0.1) is 19.2 Å². The zero-order chi connectivity index (χ0) is 20.1. The first kappa shape index (κ1) is 19.6. The largest absolute Gasteiger partial charge is 0.465 e. The third-order valence-corrected chi connectivity index (χ3v) is 4.84. The SMILES string of the molecule is COC(=O)c1ccc(CSc2nc(=O)n(Cc3ccc(F)cc3)c(=O)[nH]2)cc1. The van der Waals surface area contributed by atoms with E-state index in [0.29, 0.717) is 16.9 Å². The van der Waals surface area contributed by atoms with Gasteiger partial charge in [-0.1, -0.05) is 36.0 Å². The van der Waals surface area contributed by atoms with Gasteiger partial charge in [-0.25, -0.2) is 23.3 Å². The van der Waals surface area contributed by atoms with Gasteiger partial charge in [0.15, 0.2) is 5.16 Å². The van der Waals surface area contributed by atoms with Gasteiger partial charge in [-0.05, 0) is 35.4 Å². The Morgan fingerprint density at radius 3 is 2.36 bits per heavy atom. The van der Waals surface area contributed by atoms with E-state index in [2.05, 4.69) is 14.7 Å². The van der Waals surface area contributed by atoms with Gasteiger partial charge in [-0.2, -0.15) is 4.98 Å². The van der Waals surface area contributed by atoms with Crippen LogP contribution in [0.5, 0.6) is 0 Å². The number of aromatic nitrogens is 3. The number of nitrogens with zero attached hydrogens (tertiary/aromatic N) is 2. The third kappa shape index (κ3) is 4.74. The first-order valence-electron chi connectivity index (χ1n) is 8.22. The number of carbonyl (C=O) groups excluding carboxylic acids is 1. The van der Waals surface area contributed by atoms with E-state index in [4.69, 9.17) is 0 Å². The van der Waals surface area contributed by atoms with Crippen LogP contribution in [-0.4, -0.2) is 27.6 Å². The molecule has 0 fully saturated rings. The fourth-order valence-corrected chi connectivity index (χ4v) is 3.21. The number of halogens is 1. The van der Waals surface area contributed by atoms with Crippen molar-refractivity contribution in [3.8, 4) is 0 Å². The number of esters is 1. The molecule has 0 aliphatic rings. The average Bonchev–Trinajstić information content (AvgIpc) is 2.70. The molecule has 1 heterocycles. The van der Waals surface area contributed by atoms with Gasteiger partial charge in [-0.15, -0.1) is 0 Å². The second-order valence-corrected chi connectivity index (χ2v) is 6.78. The van der Waals surface area contributed by atoms with Crippen LogP contribution in [0.25, 0.3) is 0 Å². The normalized spacial score (nSPS) is 10.6. The number of benzene rings is 2. The number of hydrogen-bond acceptors (Lipinski definition) is 6. The summed E-state index contributed by atoms with van der Waals surface area (Å²) in [6.45, 7) is 0.00137. The highest BCUT2D eigenvalue weighted by atomic mass is 32.2. The highest BCUT2D eigenvalue weighted by Gasteiger charge is 2.09. The lowest BCUT2D eigenvalue weighted by Crippen LogP contribution is -2.37. The monoisotopic (exact) mass is 401 g/mol. The number of thioether (sulfide) groups is 1. The van der Waals surface area contributed by atoms with E-state index >= 15 is 0 Å². The van der Waals surface area contributed by atoms with Crippen molar-refractivity contribution in [3.63, 3.8) is 0 Å². The quantitative estimate of drug-likeness (QED) is 0.503. The van der Waals surface area contributed by atoms with Gasteiger partial charge < -0.3 is 4.74 Å². The first-order valence-corrected chi connectivity index (χ1v) is 9.20. The van der Waals surface area contributed by atoms with Crippen LogP contribution in [0.4, 0.5) is 4.39 Å². The maximum absolute atomic E-state index is 13.0. The van der Waals surface area contributed by atoms with Crippen LogP contribution in [0, 0.1) is 5.82 Å². The van der Waals surface area contributed by atoms with Crippen LogP contribution < -0.4 is 11.4 Å². The minimum Gasteiger partial charge on any atom is -0.465 e. The van der Waals surface area contributed by atoms with Gasteiger partial charge in [-0.3, -0.25) is 4.98 Å². The Balaban J connectivity index is 1.70. The molecule has 0 unspecified atom stereocenters. The summed E-state index contributed by atoms with van der Waals surface area (Å²) in [5.74, 6) is -0.365. The van der Waals surface area contributed by atoms with Crippen LogP contribution >= 0.6 is 11.8 Å². The van der Waals surface area contributed by atoms with E-state index in [1.807, 2.05) is 0 Å². The summed E-state index contributed by atoms with van der Waals surface area (Å²) in [5, 5.41) is 0.197. The molecule has 0 saturated heterocycles. The van der Waals surface area contributed by atoms with Gasteiger partial charge >= 0.3 is 17.3 Å². The summed E-state index contributed by atoms with van der Waals surface area (Å²) in [6, 6.07) is 12.3. The lowest BCUT2D eigenvalue weighted by molar-refractivity contribution is 0.0600. The van der Waals surface area contributed by atoms with E-state index in [1.165, 1.54) is 43.1 Å². The summed E-state index contributed by atoms with van der Waals surface area (Å²) in [6.07, 6.45) is 0. The Labute approximate surface area is 163 Å². The third-order valence-electron chi connectivity index (χ3n) is 3.89. The average molecular weight is 401 g/mol. The summed E-state index contributed by atoms with van der Waals surface area (Å²) < 4.78 is 18.6. The van der Waals surface area contributed by atoms with E-state index in [0.717, 1.165) is 10.1 Å². The standard InChI is InChI=1S/C19H16FN3O4S/c1-27-16(24)14-6-2-13(3-7-14)11-28-17-21-18(25)23(19(26)22-17)10-12-4-8-15(20)9-5-12/h2-9H,10-11H2,1H3,(H,21,22,25,26). The molecule has 0 amide bonds. The lowest BCUT2D eigenvalue weighted by Gasteiger charge is -2.06. The number of rotatable bonds is 6. The molecule has 144 valence electrons. The number of nitrogens with one attached hydrogen (secondary N) is 1. The molecule has 0 radical (unpaired) electrons. The Kier molecular flexibility index (Phi) is 6.05. The number of hydrogen-bond donors (Lipinski definition) is 1. The Bertz CT molecular complexity index is 1060. The van der Waals surface area contributed by atoms with Crippen molar-refractivity contribution in [2.75, 3.05) is 7.11 Å². The van der Waals surface area contributed by atoms with Crippen LogP contribution in [0.15, 0.2) is 63.3 Å². The topological polar surface area (TPSA) is 94.0 Å². The highest BCUT2D eigenvalue weighted by Crippen LogP contribution is 2.18. The van der Waals surface area contributed by atoms with Crippen LogP contribution in [0.3, 0.4) is 0 Å². The number of H-pyrrole nitrogens is 1. The number of methoxy groups -OCH3 is 1. The van der Waals surface area contributed by atoms with Crippen LogP contribution in [0.1, 0.15) is 21.5 Å². The molecule has 0 aliphatic carbocycles. The number of ether oxygens (including phenoxy) is 1. The smallest absolute Gasteiger partial charge is 0.354 e. The molecule has 3 rings (SSSR count). The van der Waals surface area contributed by atoms with Crippen molar-refractivity contribution in [2.24, 2.45) is 0 Å². The molecule has 28 heavy (non-hydrogen) atoms. The molecule has 0 aliphatic heterocycles. The Morgan fingerprint density at radius 2 is 1.75 bits per heavy atom. The summed E-state index contributed by atoms with van der Waals surface area (Å²) in [7, 11) is 1.31. The zero-order valence-corrected chi connectivity index (χ0v) is 15.7. The molecule has 0 atom stereocenters. The Hall–Kier alpha value is -3.20. The van der Waals surface area contributed by atoms with Crippen molar-refractivity contribution >= 4 is 17.7 Å².